The minimum absolute atomic E-state index is 0.208. The molecule has 0 aromatic rings. The van der Waals surface area contributed by atoms with Crippen molar-refractivity contribution >= 4 is 17.9 Å². The molecule has 0 amide bonds. The van der Waals surface area contributed by atoms with Crippen LogP contribution in [0.15, 0.2) is 29.0 Å². The first-order chi connectivity index (χ1) is 13.2. The predicted octanol–water partition coefficient (Wildman–Crippen LogP) is 4.04. The fourth-order valence-electron chi connectivity index (χ4n) is 3.39. The summed E-state index contributed by atoms with van der Waals surface area (Å²) in [4.78, 5) is 36.9. The van der Waals surface area contributed by atoms with Gasteiger partial charge in [0.05, 0.1) is 14.2 Å². The molecule has 1 atom stereocenters. The van der Waals surface area contributed by atoms with Crippen molar-refractivity contribution in [2.45, 2.75) is 71.8 Å². The third-order valence-electron chi connectivity index (χ3n) is 5.18. The molecule has 0 saturated heterocycles. The second-order valence-corrected chi connectivity index (χ2v) is 7.16. The van der Waals surface area contributed by atoms with Crippen LogP contribution >= 0.6 is 0 Å². The summed E-state index contributed by atoms with van der Waals surface area (Å²) in [5, 5.41) is 0. The Hall–Kier alpha value is -2.33. The SMILES string of the molecule is CCCCC=C=C1CCC(C(=O)OC)(C(=O)OC)C=C1C(C)(CC)OC(C)=O. The lowest BCUT2D eigenvalue weighted by atomic mass is 9.70. The van der Waals surface area contributed by atoms with Crippen molar-refractivity contribution in [3.8, 4) is 0 Å². The van der Waals surface area contributed by atoms with Gasteiger partial charge in [0.25, 0.3) is 0 Å². The van der Waals surface area contributed by atoms with Crippen LogP contribution in [0.1, 0.15) is 66.2 Å². The van der Waals surface area contributed by atoms with Gasteiger partial charge >= 0.3 is 17.9 Å². The lowest BCUT2D eigenvalue weighted by Crippen LogP contribution is -2.44. The Morgan fingerprint density at radius 2 is 1.82 bits per heavy atom. The van der Waals surface area contributed by atoms with E-state index in [0.717, 1.165) is 24.8 Å². The molecule has 1 aliphatic carbocycles. The zero-order valence-electron chi connectivity index (χ0n) is 17.8. The molecule has 0 aromatic heterocycles. The van der Waals surface area contributed by atoms with Gasteiger partial charge in [-0.15, -0.1) is 5.73 Å². The maximum atomic E-state index is 12.6. The summed E-state index contributed by atoms with van der Waals surface area (Å²) in [6.07, 6.45) is 7.60. The highest BCUT2D eigenvalue weighted by Crippen LogP contribution is 2.44. The highest BCUT2D eigenvalue weighted by Gasteiger charge is 2.51. The van der Waals surface area contributed by atoms with E-state index in [0.29, 0.717) is 18.4 Å². The van der Waals surface area contributed by atoms with Gasteiger partial charge in [-0.2, -0.15) is 0 Å². The molecule has 6 nitrogen and oxygen atoms in total. The summed E-state index contributed by atoms with van der Waals surface area (Å²) >= 11 is 0. The Morgan fingerprint density at radius 3 is 2.29 bits per heavy atom. The maximum absolute atomic E-state index is 12.6. The minimum atomic E-state index is -1.57. The van der Waals surface area contributed by atoms with Crippen molar-refractivity contribution in [2.75, 3.05) is 14.2 Å². The fourth-order valence-corrected chi connectivity index (χ4v) is 3.39. The summed E-state index contributed by atoms with van der Waals surface area (Å²) in [5.41, 5.74) is 2.16. The third kappa shape index (κ3) is 5.14. The van der Waals surface area contributed by atoms with Crippen LogP contribution in [-0.4, -0.2) is 37.7 Å². The molecule has 0 N–H and O–H groups in total. The van der Waals surface area contributed by atoms with Crippen molar-refractivity contribution in [1.82, 2.24) is 0 Å². The van der Waals surface area contributed by atoms with Crippen molar-refractivity contribution < 1.29 is 28.6 Å². The fraction of sp³-hybridized carbons (Fsp3) is 0.636. The van der Waals surface area contributed by atoms with Gasteiger partial charge in [-0.1, -0.05) is 20.3 Å². The van der Waals surface area contributed by atoms with Gasteiger partial charge < -0.3 is 14.2 Å². The quantitative estimate of drug-likeness (QED) is 0.204. The maximum Gasteiger partial charge on any atom is 0.327 e. The summed E-state index contributed by atoms with van der Waals surface area (Å²) in [6.45, 7) is 7.11. The molecule has 0 heterocycles. The number of hydrogen-bond donors (Lipinski definition) is 0. The van der Waals surface area contributed by atoms with E-state index in [9.17, 15) is 14.4 Å². The van der Waals surface area contributed by atoms with Crippen molar-refractivity contribution in [3.05, 3.63) is 29.0 Å². The lowest BCUT2D eigenvalue weighted by molar-refractivity contribution is -0.165. The molecule has 156 valence electrons. The standard InChI is InChI=1S/C22H32O6/c1-7-9-10-11-12-17-13-14-22(19(24)26-5,20(25)27-6)15-18(17)21(4,8-2)28-16(3)23/h11,15H,7-10,13-14H2,1-6H3. The van der Waals surface area contributed by atoms with E-state index in [1.165, 1.54) is 21.1 Å². The normalized spacial score (nSPS) is 17.5. The van der Waals surface area contributed by atoms with Gasteiger partial charge in [-0.3, -0.25) is 14.4 Å². The molecular weight excluding hydrogens is 360 g/mol. The molecule has 0 spiro atoms. The topological polar surface area (TPSA) is 78.9 Å². The number of ether oxygens (including phenoxy) is 3. The smallest absolute Gasteiger partial charge is 0.327 e. The van der Waals surface area contributed by atoms with Gasteiger partial charge in [0.1, 0.15) is 5.60 Å². The van der Waals surface area contributed by atoms with Gasteiger partial charge in [-0.05, 0) is 51.2 Å². The van der Waals surface area contributed by atoms with E-state index in [4.69, 9.17) is 14.2 Å². The van der Waals surface area contributed by atoms with Gasteiger partial charge in [0, 0.05) is 18.1 Å². The number of esters is 3. The predicted molar refractivity (Wildman–Crippen MR) is 105 cm³/mol. The molecule has 1 aliphatic rings. The second kappa shape index (κ2) is 10.3. The highest BCUT2D eigenvalue weighted by atomic mass is 16.6. The Labute approximate surface area is 167 Å². The molecule has 0 radical (unpaired) electrons. The molecule has 1 unspecified atom stereocenters. The number of hydrogen-bond acceptors (Lipinski definition) is 6. The molecule has 1 rings (SSSR count). The van der Waals surface area contributed by atoms with Crippen LogP contribution in [0.3, 0.4) is 0 Å². The average Bonchev–Trinajstić information content (AvgIpc) is 2.69. The van der Waals surface area contributed by atoms with E-state index in [-0.39, 0.29) is 6.42 Å². The third-order valence-corrected chi connectivity index (χ3v) is 5.18. The van der Waals surface area contributed by atoms with Gasteiger partial charge in [-0.25, -0.2) is 0 Å². The Kier molecular flexibility index (Phi) is 8.70. The minimum Gasteiger partial charge on any atom is -0.468 e. The molecule has 6 heteroatoms. The first-order valence-corrected chi connectivity index (χ1v) is 9.74. The first-order valence-electron chi connectivity index (χ1n) is 9.74. The average molecular weight is 392 g/mol. The largest absolute Gasteiger partial charge is 0.468 e. The monoisotopic (exact) mass is 392 g/mol. The summed E-state index contributed by atoms with van der Waals surface area (Å²) in [5.74, 6) is -1.81. The highest BCUT2D eigenvalue weighted by molar-refractivity contribution is 6.03. The molecule has 28 heavy (non-hydrogen) atoms. The Balaban J connectivity index is 3.65. The van der Waals surface area contributed by atoms with E-state index in [1.807, 2.05) is 13.0 Å². The number of carbonyl (C=O) groups is 3. The summed E-state index contributed by atoms with van der Waals surface area (Å²) in [7, 11) is 2.48. The molecular formula is C22H32O6. The molecule has 0 aliphatic heterocycles. The van der Waals surface area contributed by atoms with Crippen LogP contribution in [0, 0.1) is 5.41 Å². The van der Waals surface area contributed by atoms with Crippen LogP contribution in [0.2, 0.25) is 0 Å². The van der Waals surface area contributed by atoms with E-state index in [2.05, 4.69) is 12.7 Å². The first kappa shape index (κ1) is 23.7. The van der Waals surface area contributed by atoms with Crippen molar-refractivity contribution in [1.29, 1.82) is 0 Å². The molecule has 0 fully saturated rings. The van der Waals surface area contributed by atoms with E-state index in [1.54, 1.807) is 13.0 Å². The van der Waals surface area contributed by atoms with Crippen LogP contribution in [0.4, 0.5) is 0 Å². The second-order valence-electron chi connectivity index (χ2n) is 7.16. The number of methoxy groups -OCH3 is 2. The van der Waals surface area contributed by atoms with Crippen LogP contribution in [-0.2, 0) is 28.6 Å². The zero-order valence-corrected chi connectivity index (χ0v) is 17.8. The van der Waals surface area contributed by atoms with Gasteiger partial charge in [0.15, 0.2) is 5.41 Å². The number of unbranched alkanes of at least 4 members (excludes halogenated alkanes) is 2. The Morgan fingerprint density at radius 1 is 1.21 bits per heavy atom. The number of rotatable bonds is 8. The van der Waals surface area contributed by atoms with E-state index < -0.39 is 28.9 Å². The van der Waals surface area contributed by atoms with Crippen LogP contribution in [0.25, 0.3) is 0 Å². The zero-order chi connectivity index (χ0) is 21.4. The van der Waals surface area contributed by atoms with Gasteiger partial charge in [0.2, 0.25) is 0 Å². The van der Waals surface area contributed by atoms with Crippen LogP contribution in [0.5, 0.6) is 0 Å². The Bertz CT molecular complexity index is 680. The van der Waals surface area contributed by atoms with Crippen molar-refractivity contribution in [3.63, 3.8) is 0 Å². The number of carbonyl (C=O) groups excluding carboxylic acids is 3. The molecule has 0 aromatic carbocycles. The molecule has 0 saturated carbocycles. The molecule has 0 bridgehead atoms. The van der Waals surface area contributed by atoms with Crippen LogP contribution < -0.4 is 0 Å². The van der Waals surface area contributed by atoms with E-state index >= 15 is 0 Å². The van der Waals surface area contributed by atoms with Crippen molar-refractivity contribution in [2.24, 2.45) is 5.41 Å². The lowest BCUT2D eigenvalue weighted by Gasteiger charge is -2.38. The summed E-state index contributed by atoms with van der Waals surface area (Å²) in [6, 6.07) is 0. The summed E-state index contributed by atoms with van der Waals surface area (Å²) < 4.78 is 15.4.